The lowest BCUT2D eigenvalue weighted by atomic mass is 10.1. The van der Waals surface area contributed by atoms with Crippen molar-refractivity contribution in [2.45, 2.75) is 25.8 Å². The maximum Gasteiger partial charge on any atom is 0.410 e. The molecule has 1 aromatic carbocycles. The number of allylic oxidation sites excluding steroid dienone is 1. The first-order valence-corrected chi connectivity index (χ1v) is 6.43. The highest BCUT2D eigenvalue weighted by molar-refractivity contribution is 5.70. The van der Waals surface area contributed by atoms with Crippen molar-refractivity contribution < 1.29 is 9.53 Å². The van der Waals surface area contributed by atoms with Crippen molar-refractivity contribution >= 4 is 6.09 Å². The van der Waals surface area contributed by atoms with Crippen LogP contribution in [-0.4, -0.2) is 30.2 Å². The summed E-state index contributed by atoms with van der Waals surface area (Å²) in [4.78, 5) is 13.4. The molecule has 0 bridgehead atoms. The molecule has 2 rings (SSSR count). The van der Waals surface area contributed by atoms with Gasteiger partial charge in [0.05, 0.1) is 6.04 Å². The summed E-state index contributed by atoms with van der Waals surface area (Å²) in [5.74, 6) is 0. The van der Waals surface area contributed by atoms with E-state index >= 15 is 0 Å². The van der Waals surface area contributed by atoms with Crippen LogP contribution in [0.25, 0.3) is 0 Å². The van der Waals surface area contributed by atoms with E-state index in [1.165, 1.54) is 5.56 Å². The molecule has 1 fully saturated rings. The summed E-state index contributed by atoms with van der Waals surface area (Å²) < 4.78 is 5.13. The Labute approximate surface area is 108 Å². The summed E-state index contributed by atoms with van der Waals surface area (Å²) in [5.41, 5.74) is 1.24. The molecule has 0 radical (unpaired) electrons. The predicted octanol–water partition coefficient (Wildman–Crippen LogP) is 3.02. The number of carbonyl (C=O) groups excluding carboxylic acids is 1. The minimum absolute atomic E-state index is 0.154. The summed E-state index contributed by atoms with van der Waals surface area (Å²) in [5, 5.41) is 0. The quantitative estimate of drug-likeness (QED) is 0.746. The smallest absolute Gasteiger partial charge is 0.410 e. The second kappa shape index (κ2) is 6.24. The largest absolute Gasteiger partial charge is 0.447 e. The van der Waals surface area contributed by atoms with Gasteiger partial charge in [0.15, 0.2) is 0 Å². The number of nitrogens with zero attached hydrogens (tertiary/aromatic N) is 1. The van der Waals surface area contributed by atoms with Crippen molar-refractivity contribution in [3.05, 3.63) is 48.0 Å². The average molecular weight is 245 g/mol. The lowest BCUT2D eigenvalue weighted by molar-refractivity contribution is 0.160. The summed E-state index contributed by atoms with van der Waals surface area (Å²) in [6.07, 6.45) is 5.76. The summed E-state index contributed by atoms with van der Waals surface area (Å²) in [7, 11) is 0. The number of rotatable bonds is 5. The van der Waals surface area contributed by atoms with E-state index in [-0.39, 0.29) is 12.1 Å². The van der Waals surface area contributed by atoms with E-state index in [1.54, 1.807) is 4.90 Å². The number of carbonyl (C=O) groups is 1. The molecule has 0 aliphatic carbocycles. The number of hydrogen-bond donors (Lipinski definition) is 0. The molecule has 1 atom stereocenters. The van der Waals surface area contributed by atoms with E-state index in [2.05, 4.69) is 25.1 Å². The van der Waals surface area contributed by atoms with Gasteiger partial charge in [-0.05, 0) is 18.4 Å². The lowest BCUT2D eigenvalue weighted by Gasteiger charge is -2.19. The van der Waals surface area contributed by atoms with Crippen LogP contribution in [-0.2, 0) is 11.2 Å². The Morgan fingerprint density at radius 3 is 2.83 bits per heavy atom. The molecular formula is C15H19NO2. The van der Waals surface area contributed by atoms with Gasteiger partial charge in [0.2, 0.25) is 0 Å². The van der Waals surface area contributed by atoms with E-state index < -0.39 is 0 Å². The molecule has 1 aromatic rings. The highest BCUT2D eigenvalue weighted by atomic mass is 16.6. The third kappa shape index (κ3) is 3.13. The maximum atomic E-state index is 11.6. The molecular weight excluding hydrogens is 226 g/mol. The first-order valence-electron chi connectivity index (χ1n) is 6.43. The van der Waals surface area contributed by atoms with Crippen molar-refractivity contribution in [1.29, 1.82) is 0 Å². The van der Waals surface area contributed by atoms with Gasteiger partial charge in [0, 0.05) is 6.54 Å². The molecule has 1 aliphatic rings. The zero-order chi connectivity index (χ0) is 12.8. The van der Waals surface area contributed by atoms with Crippen molar-refractivity contribution in [3.63, 3.8) is 0 Å². The van der Waals surface area contributed by atoms with E-state index in [0.717, 1.165) is 12.8 Å². The summed E-state index contributed by atoms with van der Waals surface area (Å²) in [6, 6.07) is 10.4. The Morgan fingerprint density at radius 1 is 1.33 bits per heavy atom. The Balaban J connectivity index is 1.98. The number of cyclic esters (lactones) is 1. The molecule has 0 aromatic heterocycles. The van der Waals surface area contributed by atoms with Crippen LogP contribution >= 0.6 is 0 Å². The van der Waals surface area contributed by atoms with E-state index in [4.69, 9.17) is 4.74 Å². The maximum absolute atomic E-state index is 11.6. The SMILES string of the molecule is CCC=CCN1C(=O)OC[C@H]1Cc1ccccc1. The molecule has 3 nitrogen and oxygen atoms in total. The normalized spacial score (nSPS) is 19.5. The molecule has 0 saturated carbocycles. The fraction of sp³-hybridized carbons (Fsp3) is 0.400. The van der Waals surface area contributed by atoms with Gasteiger partial charge in [-0.1, -0.05) is 49.4 Å². The Morgan fingerprint density at radius 2 is 2.11 bits per heavy atom. The van der Waals surface area contributed by atoms with Crippen LogP contribution in [0.5, 0.6) is 0 Å². The van der Waals surface area contributed by atoms with E-state index in [0.29, 0.717) is 13.2 Å². The zero-order valence-electron chi connectivity index (χ0n) is 10.7. The lowest BCUT2D eigenvalue weighted by Crippen LogP contribution is -2.35. The van der Waals surface area contributed by atoms with Crippen LogP contribution in [0.4, 0.5) is 4.79 Å². The summed E-state index contributed by atoms with van der Waals surface area (Å²) in [6.45, 7) is 3.22. The fourth-order valence-electron chi connectivity index (χ4n) is 2.12. The van der Waals surface area contributed by atoms with Crippen molar-refractivity contribution in [2.24, 2.45) is 0 Å². The molecule has 0 unspecified atom stereocenters. The van der Waals surface area contributed by atoms with Crippen LogP contribution in [0.2, 0.25) is 0 Å². The third-order valence-electron chi connectivity index (χ3n) is 3.09. The molecule has 1 saturated heterocycles. The second-order valence-corrected chi connectivity index (χ2v) is 4.45. The van der Waals surface area contributed by atoms with E-state index in [1.807, 2.05) is 24.3 Å². The van der Waals surface area contributed by atoms with Gasteiger partial charge in [-0.25, -0.2) is 4.79 Å². The van der Waals surface area contributed by atoms with Crippen LogP contribution in [0.1, 0.15) is 18.9 Å². The van der Waals surface area contributed by atoms with Crippen molar-refractivity contribution in [2.75, 3.05) is 13.2 Å². The molecule has 0 N–H and O–H groups in total. The summed E-state index contributed by atoms with van der Waals surface area (Å²) >= 11 is 0. The van der Waals surface area contributed by atoms with Gasteiger partial charge in [0.1, 0.15) is 6.61 Å². The molecule has 3 heteroatoms. The third-order valence-corrected chi connectivity index (χ3v) is 3.09. The van der Waals surface area contributed by atoms with Crippen LogP contribution in [0.15, 0.2) is 42.5 Å². The van der Waals surface area contributed by atoms with Gasteiger partial charge < -0.3 is 4.74 Å². The Bertz CT molecular complexity index is 414. The zero-order valence-corrected chi connectivity index (χ0v) is 10.7. The predicted molar refractivity (Wildman–Crippen MR) is 71.4 cm³/mol. The molecule has 1 amide bonds. The minimum atomic E-state index is -0.198. The van der Waals surface area contributed by atoms with Gasteiger partial charge in [-0.15, -0.1) is 0 Å². The molecule has 0 spiro atoms. The van der Waals surface area contributed by atoms with Gasteiger partial charge in [0.25, 0.3) is 0 Å². The standard InChI is InChI=1S/C15H19NO2/c1-2-3-7-10-16-14(12-18-15(16)17)11-13-8-5-4-6-9-13/h3-9,14H,2,10-12H2,1H3/t14-/m1/s1. The molecule has 18 heavy (non-hydrogen) atoms. The monoisotopic (exact) mass is 245 g/mol. The first-order chi connectivity index (χ1) is 8.81. The highest BCUT2D eigenvalue weighted by Crippen LogP contribution is 2.16. The Kier molecular flexibility index (Phi) is 4.40. The van der Waals surface area contributed by atoms with Crippen molar-refractivity contribution in [1.82, 2.24) is 4.90 Å². The number of amides is 1. The van der Waals surface area contributed by atoms with Gasteiger partial charge >= 0.3 is 6.09 Å². The second-order valence-electron chi connectivity index (χ2n) is 4.45. The highest BCUT2D eigenvalue weighted by Gasteiger charge is 2.31. The van der Waals surface area contributed by atoms with Crippen LogP contribution < -0.4 is 0 Å². The molecule has 1 heterocycles. The molecule has 96 valence electrons. The topological polar surface area (TPSA) is 29.5 Å². The average Bonchev–Trinajstić information content (AvgIpc) is 2.73. The van der Waals surface area contributed by atoms with E-state index in [9.17, 15) is 4.79 Å². The fourth-order valence-corrected chi connectivity index (χ4v) is 2.12. The van der Waals surface area contributed by atoms with Crippen molar-refractivity contribution in [3.8, 4) is 0 Å². The van der Waals surface area contributed by atoms with Gasteiger partial charge in [-0.2, -0.15) is 0 Å². The Hall–Kier alpha value is -1.77. The van der Waals surface area contributed by atoms with Gasteiger partial charge in [-0.3, -0.25) is 4.90 Å². The van der Waals surface area contributed by atoms with Crippen LogP contribution in [0, 0.1) is 0 Å². The van der Waals surface area contributed by atoms with Crippen LogP contribution in [0.3, 0.4) is 0 Å². The number of benzene rings is 1. The molecule has 1 aliphatic heterocycles. The first kappa shape index (κ1) is 12.7. The minimum Gasteiger partial charge on any atom is -0.447 e. The number of ether oxygens (including phenoxy) is 1. The number of hydrogen-bond acceptors (Lipinski definition) is 2.